The molecule has 122 valence electrons. The summed E-state index contributed by atoms with van der Waals surface area (Å²) in [5.41, 5.74) is 1.56. The fraction of sp³-hybridized carbons (Fsp3) is 0.400. The molecule has 3 rings (SSSR count). The van der Waals surface area contributed by atoms with E-state index in [0.717, 1.165) is 25.2 Å². The number of halogens is 1. The van der Waals surface area contributed by atoms with Crippen LogP contribution in [0.15, 0.2) is 12.1 Å². The molecule has 8 heteroatoms. The van der Waals surface area contributed by atoms with Crippen LogP contribution in [0.5, 0.6) is 0 Å². The molecular weight excluding hydrogens is 334 g/mol. The Bertz CT molecular complexity index is 745. The van der Waals surface area contributed by atoms with Crippen molar-refractivity contribution >= 4 is 39.8 Å². The first-order valence-corrected chi connectivity index (χ1v) is 8.45. The monoisotopic (exact) mass is 351 g/mol. The molecule has 6 nitrogen and oxygen atoms in total. The van der Waals surface area contributed by atoms with E-state index < -0.39 is 0 Å². The Hall–Kier alpha value is -1.70. The maximum Gasteiger partial charge on any atom is 0.257 e. The molecule has 0 saturated carbocycles. The molecule has 0 saturated heterocycles. The molecule has 0 aliphatic carbocycles. The van der Waals surface area contributed by atoms with Crippen LogP contribution in [0.4, 0.5) is 10.9 Å². The summed E-state index contributed by atoms with van der Waals surface area (Å²) in [5.74, 6) is 0.416. The Morgan fingerprint density at radius 1 is 1.39 bits per heavy atom. The number of nitrogens with zero attached hydrogens (tertiary/aromatic N) is 4. The lowest BCUT2D eigenvalue weighted by molar-refractivity contribution is 0.102. The standard InChI is InChI=1S/C15H18ClN5OS/c1-20(2)13-7-9(6-12(16)18-13)14(22)19-15-17-10-4-5-21(3)8-11(10)23-15/h6-7H,4-5,8H2,1-3H3,(H,17,19,22). The number of carbonyl (C=O) groups excluding carboxylic acids is 1. The van der Waals surface area contributed by atoms with Gasteiger partial charge in [0.1, 0.15) is 11.0 Å². The summed E-state index contributed by atoms with van der Waals surface area (Å²) in [6.45, 7) is 1.88. The lowest BCUT2D eigenvalue weighted by Crippen LogP contribution is -2.25. The van der Waals surface area contributed by atoms with Gasteiger partial charge in [-0.1, -0.05) is 11.6 Å². The van der Waals surface area contributed by atoms with Gasteiger partial charge in [-0.15, -0.1) is 11.3 Å². The first kappa shape index (κ1) is 16.2. The Kier molecular flexibility index (Phi) is 4.52. The molecule has 2 aromatic rings. The summed E-state index contributed by atoms with van der Waals surface area (Å²) in [6.07, 6.45) is 0.921. The van der Waals surface area contributed by atoms with Crippen LogP contribution in [-0.2, 0) is 13.0 Å². The van der Waals surface area contributed by atoms with Crippen molar-refractivity contribution in [3.63, 3.8) is 0 Å². The van der Waals surface area contributed by atoms with Gasteiger partial charge in [-0.05, 0) is 19.2 Å². The number of hydrogen-bond acceptors (Lipinski definition) is 6. The lowest BCUT2D eigenvalue weighted by Gasteiger charge is -2.20. The third-order valence-corrected chi connectivity index (χ3v) is 4.83. The number of thiazole rings is 1. The number of amides is 1. The molecule has 23 heavy (non-hydrogen) atoms. The molecule has 0 bridgehead atoms. The van der Waals surface area contributed by atoms with Crippen LogP contribution in [0.1, 0.15) is 20.9 Å². The number of carbonyl (C=O) groups is 1. The second-order valence-electron chi connectivity index (χ2n) is 5.76. The van der Waals surface area contributed by atoms with Crippen LogP contribution in [0.25, 0.3) is 0 Å². The molecule has 1 aliphatic rings. The fourth-order valence-electron chi connectivity index (χ4n) is 2.39. The quantitative estimate of drug-likeness (QED) is 0.861. The molecule has 0 aromatic carbocycles. The highest BCUT2D eigenvalue weighted by atomic mass is 35.5. The zero-order valence-corrected chi connectivity index (χ0v) is 14.8. The van der Waals surface area contributed by atoms with Crippen molar-refractivity contribution < 1.29 is 4.79 Å². The van der Waals surface area contributed by atoms with E-state index in [4.69, 9.17) is 11.6 Å². The van der Waals surface area contributed by atoms with Crippen LogP contribution in [0.3, 0.4) is 0 Å². The first-order valence-electron chi connectivity index (χ1n) is 7.26. The number of rotatable bonds is 3. The van der Waals surface area contributed by atoms with Crippen LogP contribution in [-0.4, -0.2) is 48.5 Å². The van der Waals surface area contributed by atoms with Gasteiger partial charge in [0.2, 0.25) is 0 Å². The summed E-state index contributed by atoms with van der Waals surface area (Å²) in [4.78, 5) is 26.4. The topological polar surface area (TPSA) is 61.4 Å². The van der Waals surface area contributed by atoms with E-state index in [1.807, 2.05) is 14.1 Å². The van der Waals surface area contributed by atoms with Crippen molar-refractivity contribution in [3.8, 4) is 0 Å². The zero-order valence-electron chi connectivity index (χ0n) is 13.3. The summed E-state index contributed by atoms with van der Waals surface area (Å²) >= 11 is 7.54. The maximum atomic E-state index is 12.5. The number of pyridine rings is 1. The van der Waals surface area contributed by atoms with Gasteiger partial charge in [0.05, 0.1) is 5.69 Å². The highest BCUT2D eigenvalue weighted by Crippen LogP contribution is 2.28. The van der Waals surface area contributed by atoms with Gasteiger partial charge < -0.3 is 9.80 Å². The van der Waals surface area contributed by atoms with E-state index in [1.54, 1.807) is 17.0 Å². The largest absolute Gasteiger partial charge is 0.363 e. The molecule has 0 spiro atoms. The Labute approximate surface area is 144 Å². The summed E-state index contributed by atoms with van der Waals surface area (Å²) in [7, 11) is 5.79. The van der Waals surface area contributed by atoms with E-state index in [9.17, 15) is 4.79 Å². The molecular formula is C15H18ClN5OS. The average Bonchev–Trinajstić information content (AvgIpc) is 2.87. The Balaban J connectivity index is 1.80. The smallest absolute Gasteiger partial charge is 0.257 e. The number of anilines is 2. The minimum absolute atomic E-state index is 0.225. The second-order valence-corrected chi connectivity index (χ2v) is 7.23. The SMILES string of the molecule is CN1CCc2nc(NC(=O)c3cc(Cl)nc(N(C)C)c3)sc2C1. The minimum atomic E-state index is -0.225. The third kappa shape index (κ3) is 3.63. The van der Waals surface area contributed by atoms with Crippen molar-refractivity contribution in [2.24, 2.45) is 0 Å². The molecule has 0 unspecified atom stereocenters. The number of hydrogen-bond donors (Lipinski definition) is 1. The highest BCUT2D eigenvalue weighted by Gasteiger charge is 2.20. The van der Waals surface area contributed by atoms with Gasteiger partial charge in [0, 0.05) is 44.0 Å². The average molecular weight is 352 g/mol. The molecule has 3 heterocycles. The number of likely N-dealkylation sites (N-methyl/N-ethyl adjacent to an activating group) is 1. The van der Waals surface area contributed by atoms with E-state index in [2.05, 4.69) is 27.2 Å². The van der Waals surface area contributed by atoms with Gasteiger partial charge in [0.15, 0.2) is 5.13 Å². The van der Waals surface area contributed by atoms with Crippen LogP contribution in [0, 0.1) is 0 Å². The van der Waals surface area contributed by atoms with E-state index in [1.165, 1.54) is 16.2 Å². The Morgan fingerprint density at radius 3 is 2.91 bits per heavy atom. The van der Waals surface area contributed by atoms with Gasteiger partial charge in [-0.25, -0.2) is 9.97 Å². The predicted molar refractivity (Wildman–Crippen MR) is 93.7 cm³/mol. The van der Waals surface area contributed by atoms with Crippen molar-refractivity contribution in [2.75, 3.05) is 37.9 Å². The zero-order chi connectivity index (χ0) is 16.6. The number of fused-ring (bicyclic) bond motifs is 1. The molecule has 1 amide bonds. The highest BCUT2D eigenvalue weighted by molar-refractivity contribution is 7.15. The molecule has 0 atom stereocenters. The van der Waals surface area contributed by atoms with E-state index in [0.29, 0.717) is 21.7 Å². The maximum absolute atomic E-state index is 12.5. The summed E-state index contributed by atoms with van der Waals surface area (Å²) < 4.78 is 0. The molecule has 1 N–H and O–H groups in total. The van der Waals surface area contributed by atoms with Gasteiger partial charge in [-0.3, -0.25) is 10.1 Å². The predicted octanol–water partition coefficient (Wildman–Crippen LogP) is 2.50. The molecule has 0 fully saturated rings. The second kappa shape index (κ2) is 6.43. The van der Waals surface area contributed by atoms with Crippen LogP contribution >= 0.6 is 22.9 Å². The molecule has 0 radical (unpaired) electrons. The summed E-state index contributed by atoms with van der Waals surface area (Å²) in [5, 5.41) is 3.80. The first-order chi connectivity index (χ1) is 10.9. The van der Waals surface area contributed by atoms with Gasteiger partial charge in [-0.2, -0.15) is 0 Å². The van der Waals surface area contributed by atoms with Gasteiger partial charge >= 0.3 is 0 Å². The molecule has 2 aromatic heterocycles. The van der Waals surface area contributed by atoms with Gasteiger partial charge in [0.25, 0.3) is 5.91 Å². The number of nitrogens with one attached hydrogen (secondary N) is 1. The van der Waals surface area contributed by atoms with Crippen molar-refractivity contribution in [3.05, 3.63) is 33.4 Å². The normalized spacial score (nSPS) is 14.4. The van der Waals surface area contributed by atoms with Crippen LogP contribution < -0.4 is 10.2 Å². The van der Waals surface area contributed by atoms with Crippen molar-refractivity contribution in [1.29, 1.82) is 0 Å². The van der Waals surface area contributed by atoms with Crippen molar-refractivity contribution in [1.82, 2.24) is 14.9 Å². The van der Waals surface area contributed by atoms with E-state index >= 15 is 0 Å². The minimum Gasteiger partial charge on any atom is -0.363 e. The Morgan fingerprint density at radius 2 is 2.17 bits per heavy atom. The third-order valence-electron chi connectivity index (χ3n) is 3.64. The van der Waals surface area contributed by atoms with Crippen LogP contribution in [0.2, 0.25) is 5.15 Å². The fourth-order valence-corrected chi connectivity index (χ4v) is 3.68. The number of aromatic nitrogens is 2. The molecule has 1 aliphatic heterocycles. The summed E-state index contributed by atoms with van der Waals surface area (Å²) in [6, 6.07) is 3.27. The van der Waals surface area contributed by atoms with E-state index in [-0.39, 0.29) is 5.91 Å². The lowest BCUT2D eigenvalue weighted by atomic mass is 10.2. The van der Waals surface area contributed by atoms with Crippen molar-refractivity contribution in [2.45, 2.75) is 13.0 Å².